The average Bonchev–Trinajstić information content (AvgIpc) is 2.46. The Hall–Kier alpha value is -2.27. The zero-order valence-electron chi connectivity index (χ0n) is 12.1. The summed E-state index contributed by atoms with van der Waals surface area (Å²) in [6, 6.07) is 9.10. The minimum Gasteiger partial charge on any atom is -0.322 e. The van der Waals surface area contributed by atoms with Gasteiger partial charge in [-0.05, 0) is 23.8 Å². The highest BCUT2D eigenvalue weighted by Crippen LogP contribution is 2.11. The zero-order valence-corrected chi connectivity index (χ0v) is 12.1. The quantitative estimate of drug-likeness (QED) is 0.889. The summed E-state index contributed by atoms with van der Waals surface area (Å²) in [5, 5.41) is 6.03. The van der Waals surface area contributed by atoms with Crippen LogP contribution in [0.25, 0.3) is 0 Å². The lowest BCUT2D eigenvalue weighted by atomic mass is 10.2. The van der Waals surface area contributed by atoms with Crippen LogP contribution in [0.15, 0.2) is 42.7 Å². The second kappa shape index (κ2) is 6.95. The summed E-state index contributed by atoms with van der Waals surface area (Å²) in [6.07, 6.45) is 2.40. The molecule has 0 unspecified atom stereocenters. The van der Waals surface area contributed by atoms with Gasteiger partial charge in [-0.25, -0.2) is 4.39 Å². The van der Waals surface area contributed by atoms with Crippen molar-refractivity contribution in [1.82, 2.24) is 10.3 Å². The average molecular weight is 287 g/mol. The molecule has 0 fully saturated rings. The predicted octanol–water partition coefficient (Wildman–Crippen LogP) is 2.97. The molecule has 0 radical (unpaired) electrons. The first-order chi connectivity index (χ1) is 10.0. The van der Waals surface area contributed by atoms with Crippen molar-refractivity contribution in [3.63, 3.8) is 0 Å². The Morgan fingerprint density at radius 3 is 2.57 bits per heavy atom. The third kappa shape index (κ3) is 4.65. The van der Waals surface area contributed by atoms with Gasteiger partial charge in [0.15, 0.2) is 0 Å². The van der Waals surface area contributed by atoms with E-state index >= 15 is 0 Å². The number of hydrogen-bond acceptors (Lipinski definition) is 3. The van der Waals surface area contributed by atoms with Crippen molar-refractivity contribution in [1.29, 1.82) is 0 Å². The second-order valence-corrected chi connectivity index (χ2v) is 5.08. The molecule has 21 heavy (non-hydrogen) atoms. The standard InChI is InChI=1S/C16H18FN3O/c1-11(2)19-8-12-3-5-15(6-4-12)20-16(21)13-7-14(17)10-18-9-13/h3-7,9-11,19H,8H2,1-2H3,(H,20,21). The van der Waals surface area contributed by atoms with Crippen molar-refractivity contribution in [3.05, 3.63) is 59.7 Å². The Labute approximate surface area is 123 Å². The first-order valence-corrected chi connectivity index (χ1v) is 6.79. The fourth-order valence-electron chi connectivity index (χ4n) is 1.77. The van der Waals surface area contributed by atoms with Gasteiger partial charge in [-0.2, -0.15) is 0 Å². The highest BCUT2D eigenvalue weighted by Gasteiger charge is 2.07. The summed E-state index contributed by atoms with van der Waals surface area (Å²) in [7, 11) is 0. The molecule has 1 amide bonds. The van der Waals surface area contributed by atoms with E-state index in [2.05, 4.69) is 29.5 Å². The Morgan fingerprint density at radius 1 is 1.24 bits per heavy atom. The lowest BCUT2D eigenvalue weighted by Crippen LogP contribution is -2.21. The molecule has 4 nitrogen and oxygen atoms in total. The zero-order chi connectivity index (χ0) is 15.2. The van der Waals surface area contributed by atoms with E-state index in [1.165, 1.54) is 6.20 Å². The number of amides is 1. The topological polar surface area (TPSA) is 54.0 Å². The van der Waals surface area contributed by atoms with Gasteiger partial charge < -0.3 is 10.6 Å². The number of hydrogen-bond donors (Lipinski definition) is 2. The van der Waals surface area contributed by atoms with E-state index < -0.39 is 5.82 Å². The Morgan fingerprint density at radius 2 is 1.95 bits per heavy atom. The van der Waals surface area contributed by atoms with Gasteiger partial charge >= 0.3 is 0 Å². The number of anilines is 1. The summed E-state index contributed by atoms with van der Waals surface area (Å²) in [5.74, 6) is -0.909. The fraction of sp³-hybridized carbons (Fsp3) is 0.250. The van der Waals surface area contributed by atoms with Gasteiger partial charge in [0, 0.05) is 24.5 Å². The predicted molar refractivity (Wildman–Crippen MR) is 80.6 cm³/mol. The van der Waals surface area contributed by atoms with Crippen LogP contribution in [0.1, 0.15) is 29.8 Å². The molecule has 2 rings (SSSR count). The lowest BCUT2D eigenvalue weighted by molar-refractivity contribution is 0.102. The number of nitrogens with zero attached hydrogens (tertiary/aromatic N) is 1. The van der Waals surface area contributed by atoms with Gasteiger partial charge in [-0.1, -0.05) is 26.0 Å². The van der Waals surface area contributed by atoms with Crippen molar-refractivity contribution in [2.75, 3.05) is 5.32 Å². The third-order valence-corrected chi connectivity index (χ3v) is 2.89. The van der Waals surface area contributed by atoms with E-state index in [0.717, 1.165) is 24.4 Å². The molecule has 1 aromatic carbocycles. The number of carbonyl (C=O) groups is 1. The van der Waals surface area contributed by atoms with Gasteiger partial charge in [0.2, 0.25) is 0 Å². The molecule has 0 saturated heterocycles. The first-order valence-electron chi connectivity index (χ1n) is 6.79. The molecule has 1 aromatic heterocycles. The fourth-order valence-corrected chi connectivity index (χ4v) is 1.77. The number of nitrogens with one attached hydrogen (secondary N) is 2. The molecule has 0 saturated carbocycles. The van der Waals surface area contributed by atoms with Crippen molar-refractivity contribution in [3.8, 4) is 0 Å². The summed E-state index contributed by atoms with van der Waals surface area (Å²) in [5.41, 5.74) is 1.99. The largest absolute Gasteiger partial charge is 0.322 e. The van der Waals surface area contributed by atoms with Gasteiger partial charge in [0.05, 0.1) is 11.8 Å². The van der Waals surface area contributed by atoms with Crippen LogP contribution in [0.3, 0.4) is 0 Å². The molecule has 2 aromatic rings. The minimum absolute atomic E-state index is 0.195. The van der Waals surface area contributed by atoms with Crippen LogP contribution >= 0.6 is 0 Å². The van der Waals surface area contributed by atoms with Gasteiger partial charge in [-0.3, -0.25) is 9.78 Å². The summed E-state index contributed by atoms with van der Waals surface area (Å²) < 4.78 is 13.0. The summed E-state index contributed by atoms with van der Waals surface area (Å²) in [4.78, 5) is 15.6. The molecule has 110 valence electrons. The van der Waals surface area contributed by atoms with Crippen molar-refractivity contribution in [2.45, 2.75) is 26.4 Å². The number of benzene rings is 1. The summed E-state index contributed by atoms with van der Waals surface area (Å²) in [6.45, 7) is 4.95. The van der Waals surface area contributed by atoms with E-state index in [9.17, 15) is 9.18 Å². The van der Waals surface area contributed by atoms with Crippen molar-refractivity contribution >= 4 is 11.6 Å². The number of rotatable bonds is 5. The molecule has 1 heterocycles. The van der Waals surface area contributed by atoms with Crippen LogP contribution in [-0.4, -0.2) is 16.9 Å². The van der Waals surface area contributed by atoms with Crippen LogP contribution in [0.4, 0.5) is 10.1 Å². The molecule has 0 spiro atoms. The van der Waals surface area contributed by atoms with E-state index in [0.29, 0.717) is 11.7 Å². The lowest BCUT2D eigenvalue weighted by Gasteiger charge is -2.09. The van der Waals surface area contributed by atoms with Crippen LogP contribution in [-0.2, 0) is 6.54 Å². The van der Waals surface area contributed by atoms with Gasteiger partial charge in [0.1, 0.15) is 5.82 Å². The third-order valence-electron chi connectivity index (χ3n) is 2.89. The second-order valence-electron chi connectivity index (χ2n) is 5.08. The molecule has 0 aliphatic rings. The molecule has 2 N–H and O–H groups in total. The van der Waals surface area contributed by atoms with Crippen LogP contribution in [0, 0.1) is 5.82 Å². The Kier molecular flexibility index (Phi) is 5.00. The smallest absolute Gasteiger partial charge is 0.257 e. The molecule has 0 aliphatic heterocycles. The minimum atomic E-state index is -0.530. The number of aromatic nitrogens is 1. The highest BCUT2D eigenvalue weighted by atomic mass is 19.1. The molecule has 0 bridgehead atoms. The normalized spacial score (nSPS) is 10.7. The van der Waals surface area contributed by atoms with Crippen LogP contribution in [0.2, 0.25) is 0 Å². The molecular formula is C16H18FN3O. The maximum absolute atomic E-state index is 13.0. The highest BCUT2D eigenvalue weighted by molar-refractivity contribution is 6.04. The van der Waals surface area contributed by atoms with Crippen LogP contribution < -0.4 is 10.6 Å². The van der Waals surface area contributed by atoms with Crippen molar-refractivity contribution in [2.24, 2.45) is 0 Å². The molecule has 5 heteroatoms. The van der Waals surface area contributed by atoms with Crippen molar-refractivity contribution < 1.29 is 9.18 Å². The Bertz CT molecular complexity index is 611. The molecule has 0 aliphatic carbocycles. The Balaban J connectivity index is 1.98. The summed E-state index contributed by atoms with van der Waals surface area (Å²) >= 11 is 0. The monoisotopic (exact) mass is 287 g/mol. The van der Waals surface area contributed by atoms with Gasteiger partial charge in [0.25, 0.3) is 5.91 Å². The maximum atomic E-state index is 13.0. The molecular weight excluding hydrogens is 269 g/mol. The number of pyridine rings is 1. The first kappa shape index (κ1) is 15.1. The van der Waals surface area contributed by atoms with E-state index in [1.807, 2.05) is 24.3 Å². The van der Waals surface area contributed by atoms with E-state index in [4.69, 9.17) is 0 Å². The van der Waals surface area contributed by atoms with E-state index in [1.54, 1.807) is 0 Å². The van der Waals surface area contributed by atoms with Crippen LogP contribution in [0.5, 0.6) is 0 Å². The SMILES string of the molecule is CC(C)NCc1ccc(NC(=O)c2cncc(F)c2)cc1. The number of carbonyl (C=O) groups excluding carboxylic acids is 1. The number of halogens is 1. The molecule has 0 atom stereocenters. The van der Waals surface area contributed by atoms with Gasteiger partial charge in [-0.15, -0.1) is 0 Å². The van der Waals surface area contributed by atoms with E-state index in [-0.39, 0.29) is 11.5 Å². The maximum Gasteiger partial charge on any atom is 0.257 e.